The van der Waals surface area contributed by atoms with Gasteiger partial charge in [-0.3, -0.25) is 0 Å². The van der Waals surface area contributed by atoms with Gasteiger partial charge in [0.2, 0.25) is 10.0 Å². The molecule has 152 valence electrons. The molecule has 0 radical (unpaired) electrons. The second-order valence-electron chi connectivity index (χ2n) is 6.79. The van der Waals surface area contributed by atoms with Gasteiger partial charge in [0.05, 0.1) is 11.3 Å². The molecule has 0 bridgehead atoms. The number of carbonyl (C=O) groups excluding carboxylic acids is 1. The van der Waals surface area contributed by atoms with E-state index in [0.717, 1.165) is 18.6 Å². The second kappa shape index (κ2) is 8.98. The number of hydrogen-bond acceptors (Lipinski definition) is 4. The molecular formula is C19H24ClN3O4S. The van der Waals surface area contributed by atoms with Gasteiger partial charge in [-0.1, -0.05) is 23.7 Å². The number of amides is 2. The van der Waals surface area contributed by atoms with E-state index in [1.54, 1.807) is 29.4 Å². The SMILES string of the molecule is CC(CCc1ccco1)NC(=O)N1CCN(S(=O)(=O)c2ccccc2Cl)CC1. The van der Waals surface area contributed by atoms with Crippen molar-refractivity contribution >= 4 is 27.7 Å². The molecule has 2 amide bonds. The first kappa shape index (κ1) is 20.7. The molecule has 2 aromatic rings. The van der Waals surface area contributed by atoms with Crippen molar-refractivity contribution < 1.29 is 17.6 Å². The molecule has 0 saturated carbocycles. The average Bonchev–Trinajstić information content (AvgIpc) is 3.20. The van der Waals surface area contributed by atoms with E-state index in [2.05, 4.69) is 5.32 Å². The van der Waals surface area contributed by atoms with Crippen LogP contribution in [0.2, 0.25) is 5.02 Å². The van der Waals surface area contributed by atoms with Gasteiger partial charge in [-0.25, -0.2) is 13.2 Å². The van der Waals surface area contributed by atoms with Gasteiger partial charge in [-0.15, -0.1) is 0 Å². The molecule has 0 aliphatic carbocycles. The molecule has 1 fully saturated rings. The van der Waals surface area contributed by atoms with Crippen molar-refractivity contribution in [2.24, 2.45) is 0 Å². The van der Waals surface area contributed by atoms with Gasteiger partial charge >= 0.3 is 6.03 Å². The van der Waals surface area contributed by atoms with Crippen LogP contribution in [0.5, 0.6) is 0 Å². The van der Waals surface area contributed by atoms with E-state index in [1.165, 1.54) is 10.4 Å². The molecule has 3 rings (SSSR count). The van der Waals surface area contributed by atoms with E-state index in [4.69, 9.17) is 16.0 Å². The van der Waals surface area contributed by atoms with Gasteiger partial charge in [-0.05, 0) is 37.6 Å². The minimum Gasteiger partial charge on any atom is -0.469 e. The first-order valence-corrected chi connectivity index (χ1v) is 11.0. The summed E-state index contributed by atoms with van der Waals surface area (Å²) in [6, 6.07) is 9.95. The predicted molar refractivity (Wildman–Crippen MR) is 107 cm³/mol. The zero-order valence-electron chi connectivity index (χ0n) is 15.7. The molecule has 9 heteroatoms. The number of urea groups is 1. The predicted octanol–water partition coefficient (Wildman–Crippen LogP) is 2.97. The number of aryl methyl sites for hydroxylation is 1. The number of rotatable bonds is 6. The molecule has 1 aliphatic heterocycles. The molecule has 7 nitrogen and oxygen atoms in total. The lowest BCUT2D eigenvalue weighted by molar-refractivity contribution is 0.169. The molecule has 1 aliphatic rings. The Morgan fingerprint density at radius 2 is 1.89 bits per heavy atom. The molecule has 1 aromatic carbocycles. The Balaban J connectivity index is 1.50. The zero-order chi connectivity index (χ0) is 20.1. The van der Waals surface area contributed by atoms with Crippen LogP contribution in [-0.2, 0) is 16.4 Å². The van der Waals surface area contributed by atoms with Crippen molar-refractivity contribution in [2.75, 3.05) is 26.2 Å². The summed E-state index contributed by atoms with van der Waals surface area (Å²) in [5, 5.41) is 3.16. The monoisotopic (exact) mass is 425 g/mol. The number of halogens is 1. The van der Waals surface area contributed by atoms with Crippen LogP contribution in [0.25, 0.3) is 0 Å². The molecule has 1 atom stereocenters. The van der Waals surface area contributed by atoms with Crippen molar-refractivity contribution in [3.05, 3.63) is 53.4 Å². The lowest BCUT2D eigenvalue weighted by Crippen LogP contribution is -2.54. The maximum atomic E-state index is 12.8. The van der Waals surface area contributed by atoms with Crippen molar-refractivity contribution in [1.82, 2.24) is 14.5 Å². The fourth-order valence-corrected chi connectivity index (χ4v) is 5.03. The largest absolute Gasteiger partial charge is 0.469 e. The van der Waals surface area contributed by atoms with Crippen molar-refractivity contribution in [2.45, 2.75) is 30.7 Å². The summed E-state index contributed by atoms with van der Waals surface area (Å²) in [4.78, 5) is 14.2. The van der Waals surface area contributed by atoms with Crippen LogP contribution < -0.4 is 5.32 Å². The van der Waals surface area contributed by atoms with E-state index in [1.807, 2.05) is 19.1 Å². The Morgan fingerprint density at radius 1 is 1.18 bits per heavy atom. The summed E-state index contributed by atoms with van der Waals surface area (Å²) >= 11 is 6.04. The van der Waals surface area contributed by atoms with Gasteiger partial charge in [0, 0.05) is 38.6 Å². The summed E-state index contributed by atoms with van der Waals surface area (Å²) < 4.78 is 32.2. The van der Waals surface area contributed by atoms with Crippen molar-refractivity contribution in [3.63, 3.8) is 0 Å². The first-order chi connectivity index (χ1) is 13.4. The Bertz CT molecular complexity index is 894. The molecular weight excluding hydrogens is 402 g/mol. The van der Waals surface area contributed by atoms with Crippen LogP contribution in [0.1, 0.15) is 19.1 Å². The fourth-order valence-electron chi connectivity index (χ4n) is 3.11. The molecule has 1 N–H and O–H groups in total. The smallest absolute Gasteiger partial charge is 0.317 e. The third-order valence-corrected chi connectivity index (χ3v) is 7.15. The summed E-state index contributed by atoms with van der Waals surface area (Å²) in [5.41, 5.74) is 0. The number of sulfonamides is 1. The molecule has 1 aromatic heterocycles. The summed E-state index contributed by atoms with van der Waals surface area (Å²) in [5.74, 6) is 0.888. The van der Waals surface area contributed by atoms with Crippen LogP contribution in [0.3, 0.4) is 0 Å². The third kappa shape index (κ3) is 4.87. The van der Waals surface area contributed by atoms with Gasteiger partial charge in [0.25, 0.3) is 0 Å². The Kier molecular flexibility index (Phi) is 6.64. The Morgan fingerprint density at radius 3 is 2.54 bits per heavy atom. The topological polar surface area (TPSA) is 82.9 Å². The average molecular weight is 426 g/mol. The second-order valence-corrected chi connectivity index (χ2v) is 9.10. The van der Waals surface area contributed by atoms with Crippen LogP contribution in [0.4, 0.5) is 4.79 Å². The highest BCUT2D eigenvalue weighted by Crippen LogP contribution is 2.25. The Labute approximate surface area is 170 Å². The molecule has 1 unspecified atom stereocenters. The molecule has 28 heavy (non-hydrogen) atoms. The van der Waals surface area contributed by atoms with E-state index >= 15 is 0 Å². The standard InChI is InChI=1S/C19H24ClN3O4S/c1-15(8-9-16-5-4-14-27-16)21-19(24)22-10-12-23(13-11-22)28(25,26)18-7-3-2-6-17(18)20/h2-7,14-15H,8-13H2,1H3,(H,21,24). The maximum absolute atomic E-state index is 12.8. The minimum atomic E-state index is -3.67. The number of nitrogens with zero attached hydrogens (tertiary/aromatic N) is 2. The first-order valence-electron chi connectivity index (χ1n) is 9.20. The number of carbonyl (C=O) groups is 1. The van der Waals surface area contributed by atoms with Crippen LogP contribution in [0, 0.1) is 0 Å². The maximum Gasteiger partial charge on any atom is 0.317 e. The van der Waals surface area contributed by atoms with Gasteiger partial charge in [-0.2, -0.15) is 4.31 Å². The van der Waals surface area contributed by atoms with E-state index in [0.29, 0.717) is 13.1 Å². The van der Waals surface area contributed by atoms with Crippen molar-refractivity contribution in [3.8, 4) is 0 Å². The number of hydrogen-bond donors (Lipinski definition) is 1. The van der Waals surface area contributed by atoms with E-state index in [9.17, 15) is 13.2 Å². The van der Waals surface area contributed by atoms with Gasteiger partial charge < -0.3 is 14.6 Å². The van der Waals surface area contributed by atoms with E-state index in [-0.39, 0.29) is 35.1 Å². The number of benzene rings is 1. The number of nitrogens with one attached hydrogen (secondary N) is 1. The van der Waals surface area contributed by atoms with Crippen LogP contribution >= 0.6 is 11.6 Å². The molecule has 2 heterocycles. The van der Waals surface area contributed by atoms with Crippen molar-refractivity contribution in [1.29, 1.82) is 0 Å². The van der Waals surface area contributed by atoms with Gasteiger partial charge in [0.15, 0.2) is 0 Å². The summed E-state index contributed by atoms with van der Waals surface area (Å²) in [6.07, 6.45) is 3.15. The highest BCUT2D eigenvalue weighted by Gasteiger charge is 2.31. The minimum absolute atomic E-state index is 0.0116. The lowest BCUT2D eigenvalue weighted by atomic mass is 10.1. The fraction of sp³-hybridized carbons (Fsp3) is 0.421. The quantitative estimate of drug-likeness (QED) is 0.771. The lowest BCUT2D eigenvalue weighted by Gasteiger charge is -2.34. The highest BCUT2D eigenvalue weighted by molar-refractivity contribution is 7.89. The molecule has 0 spiro atoms. The zero-order valence-corrected chi connectivity index (χ0v) is 17.2. The molecule has 1 saturated heterocycles. The number of furan rings is 1. The van der Waals surface area contributed by atoms with Gasteiger partial charge in [0.1, 0.15) is 10.7 Å². The normalized spacial score (nSPS) is 16.7. The third-order valence-electron chi connectivity index (χ3n) is 4.75. The summed E-state index contributed by atoms with van der Waals surface area (Å²) in [6.45, 7) is 3.09. The van der Waals surface area contributed by atoms with Crippen LogP contribution in [-0.4, -0.2) is 55.9 Å². The van der Waals surface area contributed by atoms with E-state index < -0.39 is 10.0 Å². The van der Waals surface area contributed by atoms with Crippen LogP contribution in [0.15, 0.2) is 52.0 Å². The number of piperazine rings is 1. The summed E-state index contributed by atoms with van der Waals surface area (Å²) in [7, 11) is -3.67. The highest BCUT2D eigenvalue weighted by atomic mass is 35.5. The Hall–Kier alpha value is -2.03.